The number of thioether (sulfide) groups is 1. The van der Waals surface area contributed by atoms with E-state index in [2.05, 4.69) is 29.7 Å². The van der Waals surface area contributed by atoms with Gasteiger partial charge in [0.1, 0.15) is 0 Å². The lowest BCUT2D eigenvalue weighted by atomic mass is 10.0. The maximum absolute atomic E-state index is 12.1. The van der Waals surface area contributed by atoms with E-state index in [-0.39, 0.29) is 18.2 Å². The molecule has 3 rings (SSSR count). The van der Waals surface area contributed by atoms with Crippen molar-refractivity contribution in [1.82, 2.24) is 5.43 Å². The van der Waals surface area contributed by atoms with Gasteiger partial charge in [0.2, 0.25) is 11.8 Å². The summed E-state index contributed by atoms with van der Waals surface area (Å²) >= 11 is 1.40. The molecule has 1 unspecified atom stereocenters. The smallest absolute Gasteiger partial charge is 0.241 e. The van der Waals surface area contributed by atoms with Crippen molar-refractivity contribution in [2.45, 2.75) is 36.3 Å². The van der Waals surface area contributed by atoms with E-state index in [0.717, 1.165) is 16.1 Å². The molecule has 6 heteroatoms. The molecule has 2 aromatic rings. The van der Waals surface area contributed by atoms with Crippen LogP contribution in [0.4, 0.5) is 5.69 Å². The molecule has 5 nitrogen and oxygen atoms in total. The first-order valence-corrected chi connectivity index (χ1v) is 9.39. The van der Waals surface area contributed by atoms with Gasteiger partial charge in [-0.05, 0) is 29.2 Å². The van der Waals surface area contributed by atoms with E-state index in [4.69, 9.17) is 0 Å². The van der Waals surface area contributed by atoms with Crippen LogP contribution < -0.4 is 10.7 Å². The Morgan fingerprint density at radius 3 is 2.69 bits per heavy atom. The van der Waals surface area contributed by atoms with Crippen molar-refractivity contribution in [3.05, 3.63) is 59.7 Å². The number of para-hydroxylation sites is 1. The Bertz CT molecular complexity index is 831. The molecule has 26 heavy (non-hydrogen) atoms. The molecular formula is C20H21N3O2S. The molecule has 0 bridgehead atoms. The molecule has 0 spiro atoms. The lowest BCUT2D eigenvalue weighted by Crippen LogP contribution is -2.33. The number of anilines is 1. The Kier molecular flexibility index (Phi) is 5.73. The van der Waals surface area contributed by atoms with E-state index in [1.54, 1.807) is 6.21 Å². The Balaban J connectivity index is 1.53. The number of carbonyl (C=O) groups excluding carboxylic acids is 2. The van der Waals surface area contributed by atoms with Crippen LogP contribution in [0.25, 0.3) is 0 Å². The summed E-state index contributed by atoms with van der Waals surface area (Å²) in [4.78, 5) is 25.2. The first-order valence-electron chi connectivity index (χ1n) is 8.51. The first-order chi connectivity index (χ1) is 12.5. The summed E-state index contributed by atoms with van der Waals surface area (Å²) in [7, 11) is 0. The second-order valence-corrected chi connectivity index (χ2v) is 7.66. The Morgan fingerprint density at radius 1 is 1.23 bits per heavy atom. The SMILES string of the molecule is CC(C)c1ccc(C=NNC(=O)CC2Sc3ccccc3NC2=O)cc1. The molecule has 0 fully saturated rings. The van der Waals surface area contributed by atoms with Crippen LogP contribution in [0.5, 0.6) is 0 Å². The van der Waals surface area contributed by atoms with Crippen molar-refractivity contribution in [2.24, 2.45) is 5.10 Å². The third kappa shape index (κ3) is 4.52. The number of amides is 2. The van der Waals surface area contributed by atoms with Gasteiger partial charge in [0.05, 0.1) is 17.2 Å². The summed E-state index contributed by atoms with van der Waals surface area (Å²) in [6, 6.07) is 15.6. The van der Waals surface area contributed by atoms with Crippen LogP contribution >= 0.6 is 11.8 Å². The van der Waals surface area contributed by atoms with Gasteiger partial charge in [0, 0.05) is 11.3 Å². The number of hydrogen-bond acceptors (Lipinski definition) is 4. The molecule has 0 saturated heterocycles. The number of fused-ring (bicyclic) bond motifs is 1. The first kappa shape index (κ1) is 18.2. The van der Waals surface area contributed by atoms with Crippen LogP contribution in [0.2, 0.25) is 0 Å². The molecule has 0 saturated carbocycles. The molecule has 0 aromatic heterocycles. The third-order valence-corrected chi connectivity index (χ3v) is 5.36. The predicted molar refractivity (Wildman–Crippen MR) is 106 cm³/mol. The standard InChI is InChI=1S/C20H21N3O2S/c1-13(2)15-9-7-14(8-10-15)12-21-23-19(24)11-18-20(25)22-16-5-3-4-6-17(16)26-18/h3-10,12-13,18H,11H2,1-2H3,(H,22,25)(H,23,24). The number of nitrogens with zero attached hydrogens (tertiary/aromatic N) is 1. The van der Waals surface area contributed by atoms with E-state index in [0.29, 0.717) is 5.92 Å². The van der Waals surface area contributed by atoms with Gasteiger partial charge in [0.15, 0.2) is 0 Å². The molecule has 2 N–H and O–H groups in total. The van der Waals surface area contributed by atoms with Crippen LogP contribution in [-0.2, 0) is 9.59 Å². The van der Waals surface area contributed by atoms with Crippen molar-refractivity contribution >= 4 is 35.5 Å². The van der Waals surface area contributed by atoms with E-state index in [1.165, 1.54) is 17.3 Å². The third-order valence-electron chi connectivity index (χ3n) is 4.08. The van der Waals surface area contributed by atoms with Gasteiger partial charge in [-0.15, -0.1) is 11.8 Å². The topological polar surface area (TPSA) is 70.6 Å². The normalized spacial score (nSPS) is 16.4. The van der Waals surface area contributed by atoms with Gasteiger partial charge < -0.3 is 5.32 Å². The number of hydrogen-bond donors (Lipinski definition) is 2. The van der Waals surface area contributed by atoms with Crippen molar-refractivity contribution < 1.29 is 9.59 Å². The Labute approximate surface area is 157 Å². The summed E-state index contributed by atoms with van der Waals surface area (Å²) in [6.45, 7) is 4.28. The van der Waals surface area contributed by atoms with E-state index < -0.39 is 5.25 Å². The Hall–Kier alpha value is -2.60. The van der Waals surface area contributed by atoms with E-state index in [9.17, 15) is 9.59 Å². The van der Waals surface area contributed by atoms with Gasteiger partial charge in [-0.3, -0.25) is 9.59 Å². The second kappa shape index (κ2) is 8.19. The minimum Gasteiger partial charge on any atom is -0.324 e. The molecule has 2 aromatic carbocycles. The molecule has 1 aliphatic heterocycles. The average Bonchev–Trinajstić information content (AvgIpc) is 2.63. The summed E-state index contributed by atoms with van der Waals surface area (Å²) in [5.41, 5.74) is 5.46. The van der Waals surface area contributed by atoms with Crippen LogP contribution in [0, 0.1) is 0 Å². The van der Waals surface area contributed by atoms with Crippen molar-refractivity contribution in [1.29, 1.82) is 0 Å². The molecule has 1 heterocycles. The number of hydrazone groups is 1. The fourth-order valence-corrected chi connectivity index (χ4v) is 3.70. The van der Waals surface area contributed by atoms with E-state index >= 15 is 0 Å². The number of carbonyl (C=O) groups is 2. The van der Waals surface area contributed by atoms with Crippen LogP contribution in [0.3, 0.4) is 0 Å². The minimum absolute atomic E-state index is 0.0778. The van der Waals surface area contributed by atoms with Gasteiger partial charge in [-0.1, -0.05) is 50.2 Å². The van der Waals surface area contributed by atoms with Gasteiger partial charge in [-0.25, -0.2) is 5.43 Å². The van der Waals surface area contributed by atoms with Crippen molar-refractivity contribution in [3.8, 4) is 0 Å². The van der Waals surface area contributed by atoms with Crippen molar-refractivity contribution in [2.75, 3.05) is 5.32 Å². The summed E-state index contributed by atoms with van der Waals surface area (Å²) < 4.78 is 0. The second-order valence-electron chi connectivity index (χ2n) is 6.41. The number of nitrogens with one attached hydrogen (secondary N) is 2. The summed E-state index contributed by atoms with van der Waals surface area (Å²) in [5, 5.41) is 6.37. The molecule has 134 valence electrons. The fourth-order valence-electron chi connectivity index (χ4n) is 2.59. The highest BCUT2D eigenvalue weighted by atomic mass is 32.2. The molecular weight excluding hydrogens is 346 g/mol. The molecule has 0 radical (unpaired) electrons. The lowest BCUT2D eigenvalue weighted by Gasteiger charge is -2.23. The highest BCUT2D eigenvalue weighted by Crippen LogP contribution is 2.36. The summed E-state index contributed by atoms with van der Waals surface area (Å²) in [6.07, 6.45) is 1.68. The maximum Gasteiger partial charge on any atom is 0.241 e. The average molecular weight is 367 g/mol. The van der Waals surface area contributed by atoms with Crippen LogP contribution in [0.1, 0.15) is 37.3 Å². The number of rotatable bonds is 5. The van der Waals surface area contributed by atoms with Crippen LogP contribution in [-0.4, -0.2) is 23.3 Å². The highest BCUT2D eigenvalue weighted by Gasteiger charge is 2.28. The van der Waals surface area contributed by atoms with Gasteiger partial charge >= 0.3 is 0 Å². The maximum atomic E-state index is 12.1. The monoisotopic (exact) mass is 367 g/mol. The predicted octanol–water partition coefficient (Wildman–Crippen LogP) is 3.76. The van der Waals surface area contributed by atoms with Crippen LogP contribution in [0.15, 0.2) is 58.5 Å². The van der Waals surface area contributed by atoms with Gasteiger partial charge in [-0.2, -0.15) is 5.10 Å². The Morgan fingerprint density at radius 2 is 1.96 bits per heavy atom. The van der Waals surface area contributed by atoms with E-state index in [1.807, 2.05) is 48.5 Å². The molecule has 1 aliphatic rings. The zero-order valence-electron chi connectivity index (χ0n) is 14.7. The van der Waals surface area contributed by atoms with Gasteiger partial charge in [0.25, 0.3) is 0 Å². The largest absolute Gasteiger partial charge is 0.324 e. The highest BCUT2D eigenvalue weighted by molar-refractivity contribution is 8.01. The molecule has 0 aliphatic carbocycles. The van der Waals surface area contributed by atoms with Crippen molar-refractivity contribution in [3.63, 3.8) is 0 Å². The zero-order valence-corrected chi connectivity index (χ0v) is 15.5. The lowest BCUT2D eigenvalue weighted by molar-refractivity contribution is -0.124. The zero-order chi connectivity index (χ0) is 18.5. The number of benzene rings is 2. The fraction of sp³-hybridized carbons (Fsp3) is 0.250. The quantitative estimate of drug-likeness (QED) is 0.624. The molecule has 1 atom stereocenters. The summed E-state index contributed by atoms with van der Waals surface area (Å²) in [5.74, 6) is 0.0362. The molecule has 2 amide bonds. The minimum atomic E-state index is -0.453.